The van der Waals surface area contributed by atoms with Crippen LogP contribution in [0.3, 0.4) is 0 Å². The molecule has 1 aromatic rings. The Morgan fingerprint density at radius 1 is 1.20 bits per heavy atom. The van der Waals surface area contributed by atoms with Gasteiger partial charge in [-0.05, 0) is 44.6 Å². The lowest BCUT2D eigenvalue weighted by molar-refractivity contribution is -0.142. The van der Waals surface area contributed by atoms with Crippen LogP contribution >= 0.6 is 0 Å². The zero-order chi connectivity index (χ0) is 21.9. The summed E-state index contributed by atoms with van der Waals surface area (Å²) in [5.74, 6) is 0.186. The smallest absolute Gasteiger partial charge is 0.209 e. The van der Waals surface area contributed by atoms with Crippen LogP contribution in [-0.4, -0.2) is 62.9 Å². The fourth-order valence-electron chi connectivity index (χ4n) is 4.13. The van der Waals surface area contributed by atoms with Gasteiger partial charge in [-0.15, -0.1) is 0 Å². The number of fused-ring (bicyclic) bond motifs is 3. The first-order chi connectivity index (χ1) is 14.4. The van der Waals surface area contributed by atoms with Crippen LogP contribution in [0.5, 0.6) is 11.5 Å². The molecule has 0 spiro atoms. The lowest BCUT2D eigenvalue weighted by atomic mass is 9.66. The lowest BCUT2D eigenvalue weighted by Crippen LogP contribution is -2.52. The molecule has 2 atom stereocenters. The highest BCUT2D eigenvalue weighted by Crippen LogP contribution is 2.54. The summed E-state index contributed by atoms with van der Waals surface area (Å²) < 4.78 is 23.1. The topological polar surface area (TPSA) is 91.4 Å². The second-order valence-electron chi connectivity index (χ2n) is 7.21. The van der Waals surface area contributed by atoms with Crippen molar-refractivity contribution in [3.05, 3.63) is 35.4 Å². The summed E-state index contributed by atoms with van der Waals surface area (Å²) in [6.45, 7) is 4.75. The van der Waals surface area contributed by atoms with Crippen LogP contribution in [0.15, 0.2) is 24.3 Å². The second kappa shape index (κ2) is 8.97. The molecule has 1 amide bonds. The molecular formula is C22H27NO7. The summed E-state index contributed by atoms with van der Waals surface area (Å²) >= 11 is 0. The molecule has 1 aliphatic heterocycles. The highest BCUT2D eigenvalue weighted by Gasteiger charge is 2.59. The van der Waals surface area contributed by atoms with Gasteiger partial charge >= 0.3 is 0 Å². The van der Waals surface area contributed by atoms with Crippen LogP contribution in [0.25, 0.3) is 0 Å². The standard InChI is InChI=1S/C22H27NO7/c1-5-28-21(29-6-2)14-7-9-16(27-4)19-18(14)22(11-12-23(3)13-24)17(26)10-8-15(25)20(22)30-19/h7-10,13,20-21H,5-6,11-12H2,1-4H3/t20-,22-/m0/s1. The molecule has 30 heavy (non-hydrogen) atoms. The van der Waals surface area contributed by atoms with Crippen molar-refractivity contribution in [2.75, 3.05) is 33.9 Å². The molecule has 1 aromatic carbocycles. The number of benzene rings is 1. The average molecular weight is 417 g/mol. The minimum absolute atomic E-state index is 0.208. The van der Waals surface area contributed by atoms with Gasteiger partial charge in [0.1, 0.15) is 5.41 Å². The summed E-state index contributed by atoms with van der Waals surface area (Å²) in [4.78, 5) is 38.7. The van der Waals surface area contributed by atoms with E-state index in [0.717, 1.165) is 0 Å². The summed E-state index contributed by atoms with van der Waals surface area (Å²) in [7, 11) is 3.12. The van der Waals surface area contributed by atoms with Gasteiger partial charge in [0.25, 0.3) is 0 Å². The van der Waals surface area contributed by atoms with Crippen LogP contribution in [0.1, 0.15) is 37.7 Å². The van der Waals surface area contributed by atoms with Crippen molar-refractivity contribution in [3.8, 4) is 11.5 Å². The molecule has 162 valence electrons. The molecule has 0 N–H and O–H groups in total. The first-order valence-electron chi connectivity index (χ1n) is 9.97. The Kier molecular flexibility index (Phi) is 6.58. The number of allylic oxidation sites excluding steroid dienone is 1. The van der Waals surface area contributed by atoms with Gasteiger partial charge in [0.15, 0.2) is 35.5 Å². The molecule has 0 aromatic heterocycles. The number of rotatable bonds is 10. The molecule has 0 saturated heterocycles. The number of ether oxygens (including phenoxy) is 4. The van der Waals surface area contributed by atoms with E-state index < -0.39 is 17.8 Å². The fraction of sp³-hybridized carbons (Fsp3) is 0.500. The average Bonchev–Trinajstić information content (AvgIpc) is 3.11. The van der Waals surface area contributed by atoms with E-state index in [4.69, 9.17) is 18.9 Å². The van der Waals surface area contributed by atoms with Crippen LogP contribution in [0.2, 0.25) is 0 Å². The van der Waals surface area contributed by atoms with Gasteiger partial charge in [0.2, 0.25) is 6.41 Å². The second-order valence-corrected chi connectivity index (χ2v) is 7.21. The van der Waals surface area contributed by atoms with Crippen molar-refractivity contribution in [2.24, 2.45) is 0 Å². The van der Waals surface area contributed by atoms with Gasteiger partial charge < -0.3 is 23.8 Å². The monoisotopic (exact) mass is 417 g/mol. The molecule has 3 rings (SSSR count). The molecular weight excluding hydrogens is 390 g/mol. The highest BCUT2D eigenvalue weighted by molar-refractivity contribution is 6.15. The van der Waals surface area contributed by atoms with E-state index >= 15 is 0 Å². The fourth-order valence-corrected chi connectivity index (χ4v) is 4.13. The Balaban J connectivity index is 2.25. The molecule has 0 unspecified atom stereocenters. The normalized spacial score (nSPS) is 22.0. The van der Waals surface area contributed by atoms with E-state index in [2.05, 4.69) is 0 Å². The van der Waals surface area contributed by atoms with Crippen molar-refractivity contribution in [3.63, 3.8) is 0 Å². The third-order valence-corrected chi connectivity index (χ3v) is 5.53. The zero-order valence-corrected chi connectivity index (χ0v) is 17.7. The van der Waals surface area contributed by atoms with Crippen molar-refractivity contribution in [1.82, 2.24) is 4.90 Å². The molecule has 1 aliphatic carbocycles. The summed E-state index contributed by atoms with van der Waals surface area (Å²) in [6, 6.07) is 3.49. The third kappa shape index (κ3) is 3.50. The highest BCUT2D eigenvalue weighted by atomic mass is 16.7. The van der Waals surface area contributed by atoms with Gasteiger partial charge in [0, 0.05) is 37.9 Å². The third-order valence-electron chi connectivity index (χ3n) is 5.53. The predicted octanol–water partition coefficient (Wildman–Crippen LogP) is 1.95. The molecule has 2 aliphatic rings. The molecule has 0 saturated carbocycles. The molecule has 0 bridgehead atoms. The summed E-state index contributed by atoms with van der Waals surface area (Å²) in [6.07, 6.45) is 1.65. The lowest BCUT2D eigenvalue weighted by Gasteiger charge is -2.35. The number of ketones is 2. The first-order valence-corrected chi connectivity index (χ1v) is 9.97. The number of carbonyl (C=O) groups excluding carboxylic acids is 3. The van der Waals surface area contributed by atoms with Gasteiger partial charge in [0.05, 0.1) is 7.11 Å². The van der Waals surface area contributed by atoms with Crippen molar-refractivity contribution in [2.45, 2.75) is 38.1 Å². The van der Waals surface area contributed by atoms with Crippen molar-refractivity contribution < 1.29 is 33.3 Å². The Morgan fingerprint density at radius 3 is 2.50 bits per heavy atom. The Morgan fingerprint density at radius 2 is 1.90 bits per heavy atom. The number of carbonyl (C=O) groups is 3. The Bertz CT molecular complexity index is 859. The number of amides is 1. The van der Waals surface area contributed by atoms with E-state index in [1.807, 2.05) is 13.8 Å². The van der Waals surface area contributed by atoms with E-state index in [1.165, 1.54) is 24.2 Å². The Hall–Kier alpha value is -2.71. The number of methoxy groups -OCH3 is 1. The molecule has 1 heterocycles. The Labute approximate surface area is 175 Å². The summed E-state index contributed by atoms with van der Waals surface area (Å²) in [5.41, 5.74) is -0.155. The number of hydrogen-bond donors (Lipinski definition) is 0. The minimum Gasteiger partial charge on any atom is -0.493 e. The van der Waals surface area contributed by atoms with Gasteiger partial charge in [-0.2, -0.15) is 0 Å². The van der Waals surface area contributed by atoms with Crippen molar-refractivity contribution >= 4 is 18.0 Å². The predicted molar refractivity (Wildman–Crippen MR) is 108 cm³/mol. The molecule has 0 radical (unpaired) electrons. The van der Waals surface area contributed by atoms with Gasteiger partial charge in [-0.25, -0.2) is 0 Å². The van der Waals surface area contributed by atoms with Crippen LogP contribution < -0.4 is 9.47 Å². The van der Waals surface area contributed by atoms with Crippen LogP contribution in [0.4, 0.5) is 0 Å². The maximum Gasteiger partial charge on any atom is 0.209 e. The van der Waals surface area contributed by atoms with Gasteiger partial charge in [-0.1, -0.05) is 0 Å². The van der Waals surface area contributed by atoms with Crippen LogP contribution in [0, 0.1) is 0 Å². The first kappa shape index (κ1) is 22.0. The molecule has 8 heteroatoms. The van der Waals surface area contributed by atoms with Crippen LogP contribution in [-0.2, 0) is 29.3 Å². The van der Waals surface area contributed by atoms with E-state index in [-0.39, 0.29) is 24.5 Å². The molecule has 0 fully saturated rings. The van der Waals surface area contributed by atoms with Crippen molar-refractivity contribution in [1.29, 1.82) is 0 Å². The minimum atomic E-state index is -1.30. The zero-order valence-electron chi connectivity index (χ0n) is 17.7. The largest absolute Gasteiger partial charge is 0.493 e. The van der Waals surface area contributed by atoms with Gasteiger partial charge in [-0.3, -0.25) is 14.4 Å². The van der Waals surface area contributed by atoms with E-state index in [0.29, 0.717) is 42.2 Å². The maximum absolute atomic E-state index is 13.3. The number of nitrogens with zero attached hydrogens (tertiary/aromatic N) is 1. The molecule has 8 nitrogen and oxygen atoms in total. The quantitative estimate of drug-likeness (QED) is 0.424. The summed E-state index contributed by atoms with van der Waals surface area (Å²) in [5, 5.41) is 0. The number of hydrogen-bond acceptors (Lipinski definition) is 7. The SMILES string of the molecule is CCOC(OCC)c1ccc(OC)c2c1[C@]1(CCN(C)C=O)C(=O)C=CC(=O)[C@@H]1O2. The van der Waals surface area contributed by atoms with E-state index in [1.54, 1.807) is 19.2 Å². The van der Waals surface area contributed by atoms with E-state index in [9.17, 15) is 14.4 Å². The maximum atomic E-state index is 13.3.